The molecule has 1 aromatic carbocycles. The Balaban J connectivity index is 2.32. The fourth-order valence-electron chi connectivity index (χ4n) is 1.59. The van der Waals surface area contributed by atoms with Gasteiger partial charge >= 0.3 is 0 Å². The van der Waals surface area contributed by atoms with E-state index < -0.39 is 11.7 Å². The van der Waals surface area contributed by atoms with Crippen molar-refractivity contribution in [3.63, 3.8) is 0 Å². The molecule has 4 nitrogen and oxygen atoms in total. The summed E-state index contributed by atoms with van der Waals surface area (Å²) < 4.78 is 13.8. The van der Waals surface area contributed by atoms with Gasteiger partial charge in [-0.3, -0.25) is 4.79 Å². The molecule has 0 radical (unpaired) electrons. The van der Waals surface area contributed by atoms with Crippen molar-refractivity contribution in [3.8, 4) is 0 Å². The summed E-state index contributed by atoms with van der Waals surface area (Å²) in [7, 11) is 0. The molecule has 1 aromatic heterocycles. The summed E-state index contributed by atoms with van der Waals surface area (Å²) >= 11 is 8.92. The molecular formula is C13H10BrClFN3O. The van der Waals surface area contributed by atoms with Crippen molar-refractivity contribution in [1.82, 2.24) is 4.98 Å². The van der Waals surface area contributed by atoms with Crippen molar-refractivity contribution < 1.29 is 9.18 Å². The summed E-state index contributed by atoms with van der Waals surface area (Å²) in [4.78, 5) is 15.9. The van der Waals surface area contributed by atoms with Crippen LogP contribution in [0.15, 0.2) is 28.9 Å². The van der Waals surface area contributed by atoms with Crippen LogP contribution in [0.3, 0.4) is 0 Å². The molecule has 20 heavy (non-hydrogen) atoms. The molecule has 2 rings (SSSR count). The van der Waals surface area contributed by atoms with Gasteiger partial charge in [0.05, 0.1) is 21.9 Å². The van der Waals surface area contributed by atoms with Crippen LogP contribution < -0.4 is 11.1 Å². The number of carbonyl (C=O) groups excluding carboxylic acids is 1. The topological polar surface area (TPSA) is 68.0 Å². The highest BCUT2D eigenvalue weighted by Crippen LogP contribution is 2.25. The Morgan fingerprint density at radius 2 is 2.15 bits per heavy atom. The van der Waals surface area contributed by atoms with Crippen LogP contribution in [0.25, 0.3) is 0 Å². The minimum absolute atomic E-state index is 0.0342. The molecule has 3 N–H and O–H groups in total. The third kappa shape index (κ3) is 3.08. The summed E-state index contributed by atoms with van der Waals surface area (Å²) in [5.74, 6) is -0.970. The normalized spacial score (nSPS) is 10.4. The van der Waals surface area contributed by atoms with Gasteiger partial charge in [-0.25, -0.2) is 9.37 Å². The van der Waals surface area contributed by atoms with Gasteiger partial charge in [0.1, 0.15) is 11.0 Å². The Morgan fingerprint density at radius 1 is 1.45 bits per heavy atom. The van der Waals surface area contributed by atoms with E-state index in [2.05, 4.69) is 26.2 Å². The van der Waals surface area contributed by atoms with Crippen molar-refractivity contribution in [2.45, 2.75) is 6.92 Å². The molecular weight excluding hydrogens is 349 g/mol. The number of nitrogen functional groups attached to an aromatic ring is 1. The predicted octanol–water partition coefficient (Wildman–Crippen LogP) is 3.78. The number of hydrogen-bond donors (Lipinski definition) is 2. The SMILES string of the molecule is Cc1cc(Br)c(F)cc1NC(=O)c1cc(N)cnc1Cl. The number of anilines is 2. The minimum Gasteiger partial charge on any atom is -0.397 e. The van der Waals surface area contributed by atoms with Crippen LogP contribution in [0.5, 0.6) is 0 Å². The van der Waals surface area contributed by atoms with Crippen LogP contribution in [-0.4, -0.2) is 10.9 Å². The van der Waals surface area contributed by atoms with Gasteiger partial charge < -0.3 is 11.1 Å². The van der Waals surface area contributed by atoms with Crippen molar-refractivity contribution in [3.05, 3.63) is 51.0 Å². The molecule has 0 aliphatic heterocycles. The molecule has 0 bridgehead atoms. The zero-order chi connectivity index (χ0) is 14.9. The second-order valence-electron chi connectivity index (χ2n) is 4.14. The van der Waals surface area contributed by atoms with E-state index >= 15 is 0 Å². The summed E-state index contributed by atoms with van der Waals surface area (Å²) in [6.07, 6.45) is 1.35. The number of aryl methyl sites for hydroxylation is 1. The maximum absolute atomic E-state index is 13.5. The van der Waals surface area contributed by atoms with Gasteiger partial charge in [-0.15, -0.1) is 0 Å². The van der Waals surface area contributed by atoms with E-state index in [0.29, 0.717) is 21.4 Å². The largest absolute Gasteiger partial charge is 0.397 e. The van der Waals surface area contributed by atoms with Crippen molar-refractivity contribution in [2.75, 3.05) is 11.1 Å². The number of halogens is 3. The first kappa shape index (κ1) is 14.7. The number of amides is 1. The van der Waals surface area contributed by atoms with E-state index in [9.17, 15) is 9.18 Å². The number of aromatic nitrogens is 1. The lowest BCUT2D eigenvalue weighted by atomic mass is 10.2. The molecule has 0 spiro atoms. The Hall–Kier alpha value is -1.66. The molecule has 0 saturated heterocycles. The molecule has 0 aliphatic carbocycles. The minimum atomic E-state index is -0.500. The maximum atomic E-state index is 13.5. The van der Waals surface area contributed by atoms with Gasteiger partial charge in [0, 0.05) is 5.69 Å². The highest BCUT2D eigenvalue weighted by molar-refractivity contribution is 9.10. The zero-order valence-electron chi connectivity index (χ0n) is 10.4. The summed E-state index contributed by atoms with van der Waals surface area (Å²) in [6, 6.07) is 4.21. The van der Waals surface area contributed by atoms with E-state index in [0.717, 1.165) is 0 Å². The summed E-state index contributed by atoms with van der Waals surface area (Å²) in [5, 5.41) is 2.62. The fourth-order valence-corrected chi connectivity index (χ4v) is 2.24. The fraction of sp³-hybridized carbons (Fsp3) is 0.0769. The van der Waals surface area contributed by atoms with Crippen molar-refractivity contribution in [1.29, 1.82) is 0 Å². The first-order valence-corrected chi connectivity index (χ1v) is 6.73. The van der Waals surface area contributed by atoms with Crippen LogP contribution in [0.2, 0.25) is 5.15 Å². The molecule has 2 aromatic rings. The lowest BCUT2D eigenvalue weighted by Crippen LogP contribution is -2.14. The standard InChI is InChI=1S/C13H10BrClFN3O/c1-6-2-9(14)10(16)4-11(6)19-13(20)8-3-7(17)5-18-12(8)15/h2-5H,17H2,1H3,(H,19,20). The van der Waals surface area contributed by atoms with Gasteiger partial charge in [-0.2, -0.15) is 0 Å². The van der Waals surface area contributed by atoms with Crippen LogP contribution in [0.1, 0.15) is 15.9 Å². The number of nitrogens with zero attached hydrogens (tertiary/aromatic N) is 1. The number of rotatable bonds is 2. The average Bonchev–Trinajstić information content (AvgIpc) is 2.38. The molecule has 0 atom stereocenters. The van der Waals surface area contributed by atoms with E-state index in [1.165, 1.54) is 18.3 Å². The zero-order valence-corrected chi connectivity index (χ0v) is 12.7. The lowest BCUT2D eigenvalue weighted by molar-refractivity contribution is 0.102. The van der Waals surface area contributed by atoms with Crippen LogP contribution >= 0.6 is 27.5 Å². The number of benzene rings is 1. The summed E-state index contributed by atoms with van der Waals surface area (Å²) in [6.45, 7) is 1.75. The molecule has 0 saturated carbocycles. The van der Waals surface area contributed by atoms with Gasteiger partial charge in [0.25, 0.3) is 5.91 Å². The molecule has 7 heteroatoms. The second-order valence-corrected chi connectivity index (χ2v) is 5.35. The predicted molar refractivity (Wildman–Crippen MR) is 80.4 cm³/mol. The van der Waals surface area contributed by atoms with Gasteiger partial charge in [0.15, 0.2) is 0 Å². The summed E-state index contributed by atoms with van der Waals surface area (Å²) in [5.41, 5.74) is 7.08. The van der Waals surface area contributed by atoms with Gasteiger partial charge in [0.2, 0.25) is 0 Å². The van der Waals surface area contributed by atoms with Crippen LogP contribution in [0.4, 0.5) is 15.8 Å². The molecule has 104 valence electrons. The third-order valence-electron chi connectivity index (χ3n) is 2.62. The Kier molecular flexibility index (Phi) is 4.25. The Bertz CT molecular complexity index is 694. The smallest absolute Gasteiger partial charge is 0.258 e. The highest BCUT2D eigenvalue weighted by Gasteiger charge is 2.14. The van der Waals surface area contributed by atoms with E-state index in [4.69, 9.17) is 17.3 Å². The van der Waals surface area contributed by atoms with E-state index in [1.54, 1.807) is 13.0 Å². The van der Waals surface area contributed by atoms with Crippen LogP contribution in [0, 0.1) is 12.7 Å². The number of carbonyl (C=O) groups is 1. The lowest BCUT2D eigenvalue weighted by Gasteiger charge is -2.10. The monoisotopic (exact) mass is 357 g/mol. The molecule has 0 aliphatic rings. The van der Waals surface area contributed by atoms with Gasteiger partial charge in [-0.1, -0.05) is 11.6 Å². The Labute approximate surface area is 128 Å². The quantitative estimate of drug-likeness (QED) is 0.803. The molecule has 1 heterocycles. The van der Waals surface area contributed by atoms with Crippen molar-refractivity contribution >= 4 is 44.8 Å². The van der Waals surface area contributed by atoms with Gasteiger partial charge in [-0.05, 0) is 46.6 Å². The number of hydrogen-bond acceptors (Lipinski definition) is 3. The van der Waals surface area contributed by atoms with E-state index in [-0.39, 0.29) is 10.7 Å². The maximum Gasteiger partial charge on any atom is 0.258 e. The van der Waals surface area contributed by atoms with E-state index in [1.807, 2.05) is 0 Å². The highest BCUT2D eigenvalue weighted by atomic mass is 79.9. The second kappa shape index (κ2) is 5.76. The third-order valence-corrected chi connectivity index (χ3v) is 3.53. The average molecular weight is 359 g/mol. The Morgan fingerprint density at radius 3 is 2.85 bits per heavy atom. The first-order valence-electron chi connectivity index (χ1n) is 5.56. The number of pyridine rings is 1. The molecule has 0 fully saturated rings. The first-order chi connectivity index (χ1) is 9.38. The molecule has 1 amide bonds. The molecule has 0 unspecified atom stereocenters. The number of nitrogens with two attached hydrogens (primary N) is 1. The van der Waals surface area contributed by atoms with Crippen molar-refractivity contribution in [2.24, 2.45) is 0 Å². The number of nitrogens with one attached hydrogen (secondary N) is 1. The van der Waals surface area contributed by atoms with Crippen LogP contribution in [-0.2, 0) is 0 Å².